The van der Waals surface area contributed by atoms with E-state index >= 15 is 0 Å². The van der Waals surface area contributed by atoms with Crippen LogP contribution in [0.15, 0.2) is 18.7 Å². The van der Waals surface area contributed by atoms with Crippen molar-refractivity contribution < 1.29 is 4.79 Å². The molecule has 0 bridgehead atoms. The molecule has 78 valence electrons. The zero-order valence-electron chi connectivity index (χ0n) is 8.60. The summed E-state index contributed by atoms with van der Waals surface area (Å²) < 4.78 is 2.00. The maximum absolute atomic E-state index is 11.1. The molecule has 0 radical (unpaired) electrons. The number of thiazole rings is 1. The monoisotopic (exact) mass is 221 g/mol. The number of imidazole rings is 1. The molecule has 2 heterocycles. The first kappa shape index (κ1) is 10.0. The predicted molar refractivity (Wildman–Crippen MR) is 59.0 cm³/mol. The van der Waals surface area contributed by atoms with E-state index in [1.54, 1.807) is 25.6 Å². The fraction of sp³-hybridized carbons (Fsp3) is 0.300. The van der Waals surface area contributed by atoms with Gasteiger partial charge in [0.05, 0.1) is 23.1 Å². The van der Waals surface area contributed by atoms with E-state index in [1.165, 1.54) is 11.3 Å². The molecule has 0 N–H and O–H groups in total. The molecular formula is C10H11N3OS. The average molecular weight is 221 g/mol. The topological polar surface area (TPSA) is 47.8 Å². The van der Waals surface area contributed by atoms with E-state index in [9.17, 15) is 4.79 Å². The Morgan fingerprint density at radius 1 is 1.53 bits per heavy atom. The van der Waals surface area contributed by atoms with Gasteiger partial charge in [0.25, 0.3) is 0 Å². The number of Topliss-reactive ketones (excluding diaryl/α,β-unsaturated/α-hetero) is 1. The van der Waals surface area contributed by atoms with E-state index in [0.717, 1.165) is 17.2 Å². The summed E-state index contributed by atoms with van der Waals surface area (Å²) in [5, 5.41) is 0.847. The molecule has 4 nitrogen and oxygen atoms in total. The highest BCUT2D eigenvalue weighted by atomic mass is 32.1. The van der Waals surface area contributed by atoms with Crippen molar-refractivity contribution in [2.75, 3.05) is 0 Å². The molecule has 0 aromatic carbocycles. The van der Waals surface area contributed by atoms with Crippen LogP contribution < -0.4 is 0 Å². The molecule has 0 aliphatic rings. The largest absolute Gasteiger partial charge is 0.329 e. The molecule has 0 saturated carbocycles. The van der Waals surface area contributed by atoms with Crippen molar-refractivity contribution >= 4 is 17.1 Å². The zero-order valence-corrected chi connectivity index (χ0v) is 9.41. The van der Waals surface area contributed by atoms with Crippen LogP contribution in [0.1, 0.15) is 23.5 Å². The lowest BCUT2D eigenvalue weighted by atomic mass is 10.4. The first-order valence-corrected chi connectivity index (χ1v) is 5.51. The third-order valence-corrected chi connectivity index (χ3v) is 3.25. The summed E-state index contributed by atoms with van der Waals surface area (Å²) in [5.41, 5.74) is 0.968. The lowest BCUT2D eigenvalue weighted by Crippen LogP contribution is -1.93. The molecule has 15 heavy (non-hydrogen) atoms. The number of ketones is 1. The summed E-state index contributed by atoms with van der Waals surface area (Å²) in [6.07, 6.45) is 5.16. The van der Waals surface area contributed by atoms with E-state index in [4.69, 9.17) is 0 Å². The Balaban J connectivity index is 2.41. The van der Waals surface area contributed by atoms with Gasteiger partial charge in [-0.2, -0.15) is 0 Å². The molecule has 0 amide bonds. The first-order chi connectivity index (χ1) is 7.22. The van der Waals surface area contributed by atoms with Gasteiger partial charge in [-0.25, -0.2) is 9.97 Å². The van der Waals surface area contributed by atoms with Gasteiger partial charge in [0.2, 0.25) is 0 Å². The van der Waals surface area contributed by atoms with Crippen LogP contribution in [0.4, 0.5) is 0 Å². The number of carbonyl (C=O) groups is 1. The Kier molecular flexibility index (Phi) is 2.64. The molecule has 0 fully saturated rings. The third-order valence-electron chi connectivity index (χ3n) is 2.12. The van der Waals surface area contributed by atoms with E-state index in [2.05, 4.69) is 9.97 Å². The maximum atomic E-state index is 11.1. The second-order valence-electron chi connectivity index (χ2n) is 3.15. The standard InChI is InChI=1S/C10H11N3OS/c1-3-13-6-11-4-8(13)10-12-5-9(15-10)7(2)14/h4-6H,3H2,1-2H3. The molecular weight excluding hydrogens is 210 g/mol. The van der Waals surface area contributed by atoms with Crippen LogP contribution in [-0.2, 0) is 6.54 Å². The summed E-state index contributed by atoms with van der Waals surface area (Å²) in [7, 11) is 0. The Bertz CT molecular complexity index is 486. The Morgan fingerprint density at radius 2 is 2.33 bits per heavy atom. The van der Waals surface area contributed by atoms with Gasteiger partial charge in [0.15, 0.2) is 5.78 Å². The van der Waals surface area contributed by atoms with Crippen LogP contribution in [0.5, 0.6) is 0 Å². The SMILES string of the molecule is CCn1cncc1-c1ncc(C(C)=O)s1. The Morgan fingerprint density at radius 3 is 2.93 bits per heavy atom. The first-order valence-electron chi connectivity index (χ1n) is 4.69. The summed E-state index contributed by atoms with van der Waals surface area (Å²) in [6, 6.07) is 0. The highest BCUT2D eigenvalue weighted by Crippen LogP contribution is 2.24. The number of nitrogens with zero attached hydrogens (tertiary/aromatic N) is 3. The smallest absolute Gasteiger partial charge is 0.171 e. The molecule has 5 heteroatoms. The molecule has 2 aromatic rings. The van der Waals surface area contributed by atoms with Gasteiger partial charge in [-0.15, -0.1) is 11.3 Å². The van der Waals surface area contributed by atoms with E-state index in [1.807, 2.05) is 11.5 Å². The fourth-order valence-electron chi connectivity index (χ4n) is 1.31. The zero-order chi connectivity index (χ0) is 10.8. The van der Waals surface area contributed by atoms with Crippen molar-refractivity contribution in [1.29, 1.82) is 0 Å². The van der Waals surface area contributed by atoms with Crippen molar-refractivity contribution in [2.45, 2.75) is 20.4 Å². The molecule has 2 rings (SSSR count). The lowest BCUT2D eigenvalue weighted by molar-refractivity contribution is 0.102. The highest BCUT2D eigenvalue weighted by Gasteiger charge is 2.10. The lowest BCUT2D eigenvalue weighted by Gasteiger charge is -1.99. The van der Waals surface area contributed by atoms with Crippen LogP contribution >= 0.6 is 11.3 Å². The number of rotatable bonds is 3. The molecule has 0 saturated heterocycles. The second kappa shape index (κ2) is 3.94. The summed E-state index contributed by atoms with van der Waals surface area (Å²) >= 11 is 1.41. The fourth-order valence-corrected chi connectivity index (χ4v) is 2.14. The number of carbonyl (C=O) groups excluding carboxylic acids is 1. The molecule has 0 spiro atoms. The normalized spacial score (nSPS) is 10.5. The van der Waals surface area contributed by atoms with Gasteiger partial charge < -0.3 is 4.57 Å². The quantitative estimate of drug-likeness (QED) is 0.747. The third kappa shape index (κ3) is 1.83. The maximum Gasteiger partial charge on any atom is 0.171 e. The number of aryl methyl sites for hydroxylation is 1. The van der Waals surface area contributed by atoms with Crippen LogP contribution in [0.25, 0.3) is 10.7 Å². The van der Waals surface area contributed by atoms with E-state index < -0.39 is 0 Å². The van der Waals surface area contributed by atoms with Gasteiger partial charge >= 0.3 is 0 Å². The number of aromatic nitrogens is 3. The van der Waals surface area contributed by atoms with Crippen molar-refractivity contribution in [1.82, 2.24) is 14.5 Å². The second-order valence-corrected chi connectivity index (χ2v) is 4.18. The minimum atomic E-state index is 0.0568. The molecule has 0 atom stereocenters. The molecule has 0 unspecified atom stereocenters. The number of hydrogen-bond acceptors (Lipinski definition) is 4. The Hall–Kier alpha value is -1.49. The van der Waals surface area contributed by atoms with Crippen LogP contribution in [-0.4, -0.2) is 20.3 Å². The summed E-state index contributed by atoms with van der Waals surface area (Å²) in [6.45, 7) is 4.45. The van der Waals surface area contributed by atoms with Crippen molar-refractivity contribution in [3.8, 4) is 10.7 Å². The number of hydrogen-bond donors (Lipinski definition) is 0. The average Bonchev–Trinajstić information content (AvgIpc) is 2.85. The molecule has 0 aliphatic carbocycles. The van der Waals surface area contributed by atoms with Gasteiger partial charge in [-0.3, -0.25) is 4.79 Å². The van der Waals surface area contributed by atoms with Crippen molar-refractivity contribution in [2.24, 2.45) is 0 Å². The molecule has 0 aliphatic heterocycles. The van der Waals surface area contributed by atoms with E-state index in [-0.39, 0.29) is 5.78 Å². The highest BCUT2D eigenvalue weighted by molar-refractivity contribution is 7.16. The van der Waals surface area contributed by atoms with Gasteiger partial charge in [-0.05, 0) is 6.92 Å². The van der Waals surface area contributed by atoms with Crippen molar-refractivity contribution in [3.05, 3.63) is 23.6 Å². The van der Waals surface area contributed by atoms with Gasteiger partial charge in [0, 0.05) is 19.7 Å². The summed E-state index contributed by atoms with van der Waals surface area (Å²) in [4.78, 5) is 20.1. The minimum Gasteiger partial charge on any atom is -0.329 e. The van der Waals surface area contributed by atoms with Crippen LogP contribution in [0, 0.1) is 0 Å². The minimum absolute atomic E-state index is 0.0568. The van der Waals surface area contributed by atoms with E-state index in [0.29, 0.717) is 4.88 Å². The van der Waals surface area contributed by atoms with Gasteiger partial charge in [0.1, 0.15) is 5.01 Å². The molecule has 2 aromatic heterocycles. The predicted octanol–water partition coefficient (Wildman–Crippen LogP) is 2.23. The van der Waals surface area contributed by atoms with Crippen LogP contribution in [0.3, 0.4) is 0 Å². The Labute approximate surface area is 91.6 Å². The van der Waals surface area contributed by atoms with Gasteiger partial charge in [-0.1, -0.05) is 0 Å². The van der Waals surface area contributed by atoms with Crippen LogP contribution in [0.2, 0.25) is 0 Å². The summed E-state index contributed by atoms with van der Waals surface area (Å²) in [5.74, 6) is 0.0568. The van der Waals surface area contributed by atoms with Crippen molar-refractivity contribution in [3.63, 3.8) is 0 Å².